The molecular formula is C23H32ClNO3. The van der Waals surface area contributed by atoms with Gasteiger partial charge in [-0.1, -0.05) is 18.2 Å². The molecule has 0 saturated carbocycles. The van der Waals surface area contributed by atoms with Gasteiger partial charge in [-0.2, -0.15) is 0 Å². The van der Waals surface area contributed by atoms with Crippen LogP contribution in [0.1, 0.15) is 35.4 Å². The molecule has 4 nitrogen and oxygen atoms in total. The second-order valence-electron chi connectivity index (χ2n) is 7.32. The molecule has 28 heavy (non-hydrogen) atoms. The Balaban J connectivity index is 0.00000280. The van der Waals surface area contributed by atoms with Crippen molar-refractivity contribution in [2.45, 2.75) is 31.6 Å². The van der Waals surface area contributed by atoms with Crippen molar-refractivity contribution in [3.8, 4) is 17.2 Å². The van der Waals surface area contributed by atoms with Crippen molar-refractivity contribution in [1.29, 1.82) is 0 Å². The maximum atomic E-state index is 5.66. The van der Waals surface area contributed by atoms with E-state index in [1.165, 1.54) is 29.5 Å². The molecule has 0 saturated heterocycles. The summed E-state index contributed by atoms with van der Waals surface area (Å²) in [6.45, 7) is 2.10. The van der Waals surface area contributed by atoms with E-state index in [1.807, 2.05) is 12.1 Å². The predicted molar refractivity (Wildman–Crippen MR) is 117 cm³/mol. The molecule has 0 heterocycles. The number of likely N-dealkylation sites (N-methyl/N-ethyl adjacent to an activating group) is 1. The second-order valence-corrected chi connectivity index (χ2v) is 7.32. The van der Waals surface area contributed by atoms with E-state index < -0.39 is 0 Å². The summed E-state index contributed by atoms with van der Waals surface area (Å²) in [6, 6.07) is 12.6. The van der Waals surface area contributed by atoms with Crippen LogP contribution in [0.4, 0.5) is 0 Å². The fraction of sp³-hybridized carbons (Fsp3) is 0.478. The van der Waals surface area contributed by atoms with Crippen LogP contribution in [0.2, 0.25) is 0 Å². The van der Waals surface area contributed by atoms with E-state index in [9.17, 15) is 0 Å². The number of rotatable bonds is 8. The van der Waals surface area contributed by atoms with Gasteiger partial charge in [-0.05, 0) is 68.0 Å². The third-order valence-electron chi connectivity index (χ3n) is 5.55. The Kier molecular flexibility index (Phi) is 8.46. The van der Waals surface area contributed by atoms with Gasteiger partial charge in [-0.3, -0.25) is 0 Å². The Hall–Kier alpha value is -1.91. The lowest BCUT2D eigenvalue weighted by Crippen LogP contribution is -2.28. The first-order valence-corrected chi connectivity index (χ1v) is 9.71. The summed E-state index contributed by atoms with van der Waals surface area (Å²) in [5.41, 5.74) is 4.07. The third-order valence-corrected chi connectivity index (χ3v) is 5.55. The standard InChI is InChI=1S/C23H31NO3.ClH/c1-24(14-13-17-7-5-9-19(15-17)25-2)16-18-8-6-10-21-20(18)11-12-22(26-3)23(21)27-4;/h5,7,9,11-12,15,18H,6,8,10,13-14,16H2,1-4H3;1H. The highest BCUT2D eigenvalue weighted by Gasteiger charge is 2.25. The van der Waals surface area contributed by atoms with Crippen LogP contribution in [0.25, 0.3) is 0 Å². The van der Waals surface area contributed by atoms with Crippen molar-refractivity contribution >= 4 is 12.4 Å². The summed E-state index contributed by atoms with van der Waals surface area (Å²) < 4.78 is 16.5. The van der Waals surface area contributed by atoms with E-state index in [-0.39, 0.29) is 12.4 Å². The van der Waals surface area contributed by atoms with Gasteiger partial charge in [0.05, 0.1) is 21.3 Å². The van der Waals surface area contributed by atoms with Gasteiger partial charge in [0.2, 0.25) is 0 Å². The second kappa shape index (κ2) is 10.6. The Morgan fingerprint density at radius 2 is 1.86 bits per heavy atom. The Morgan fingerprint density at radius 3 is 2.57 bits per heavy atom. The zero-order valence-electron chi connectivity index (χ0n) is 17.4. The molecule has 1 aliphatic carbocycles. The number of methoxy groups -OCH3 is 3. The van der Waals surface area contributed by atoms with Gasteiger partial charge in [0.1, 0.15) is 5.75 Å². The van der Waals surface area contributed by atoms with Crippen molar-refractivity contribution in [1.82, 2.24) is 4.90 Å². The number of hydrogen-bond acceptors (Lipinski definition) is 4. The molecule has 2 aromatic carbocycles. The number of fused-ring (bicyclic) bond motifs is 1. The highest BCUT2D eigenvalue weighted by atomic mass is 35.5. The third kappa shape index (κ3) is 5.12. The van der Waals surface area contributed by atoms with E-state index in [4.69, 9.17) is 14.2 Å². The molecule has 1 atom stereocenters. The number of nitrogens with zero attached hydrogens (tertiary/aromatic N) is 1. The van der Waals surface area contributed by atoms with Gasteiger partial charge < -0.3 is 19.1 Å². The number of halogens is 1. The maximum Gasteiger partial charge on any atom is 0.164 e. The van der Waals surface area contributed by atoms with Crippen LogP contribution in [0.15, 0.2) is 36.4 Å². The minimum absolute atomic E-state index is 0. The lowest BCUT2D eigenvalue weighted by atomic mass is 9.82. The number of benzene rings is 2. The molecule has 0 spiro atoms. The van der Waals surface area contributed by atoms with Crippen LogP contribution < -0.4 is 14.2 Å². The molecule has 1 unspecified atom stereocenters. The summed E-state index contributed by atoms with van der Waals surface area (Å²) in [7, 11) is 7.38. The van der Waals surface area contributed by atoms with E-state index in [0.717, 1.165) is 43.2 Å². The van der Waals surface area contributed by atoms with Gasteiger partial charge in [-0.25, -0.2) is 0 Å². The van der Waals surface area contributed by atoms with Crippen LogP contribution in [-0.4, -0.2) is 46.4 Å². The highest BCUT2D eigenvalue weighted by Crippen LogP contribution is 2.41. The molecular weight excluding hydrogens is 374 g/mol. The predicted octanol–water partition coefficient (Wildman–Crippen LogP) is 4.73. The Labute approximate surface area is 175 Å². The zero-order chi connectivity index (χ0) is 19.2. The first-order chi connectivity index (χ1) is 13.2. The van der Waals surface area contributed by atoms with Crippen LogP contribution >= 0.6 is 12.4 Å². The van der Waals surface area contributed by atoms with Crippen molar-refractivity contribution in [2.75, 3.05) is 41.5 Å². The SMILES string of the molecule is COc1cccc(CCN(C)CC2CCCc3c2ccc(OC)c3OC)c1.Cl. The molecule has 0 radical (unpaired) electrons. The molecule has 2 aromatic rings. The summed E-state index contributed by atoms with van der Waals surface area (Å²) in [5, 5.41) is 0. The van der Waals surface area contributed by atoms with E-state index in [1.54, 1.807) is 21.3 Å². The first kappa shape index (κ1) is 22.4. The van der Waals surface area contributed by atoms with E-state index in [2.05, 4.69) is 36.2 Å². The molecule has 0 aliphatic heterocycles. The molecule has 3 rings (SSSR count). The lowest BCUT2D eigenvalue weighted by Gasteiger charge is -2.31. The van der Waals surface area contributed by atoms with Gasteiger partial charge in [0.25, 0.3) is 0 Å². The van der Waals surface area contributed by atoms with Crippen molar-refractivity contribution < 1.29 is 14.2 Å². The lowest BCUT2D eigenvalue weighted by molar-refractivity contribution is 0.297. The maximum absolute atomic E-state index is 5.66. The van der Waals surface area contributed by atoms with Gasteiger partial charge in [-0.15, -0.1) is 12.4 Å². The summed E-state index contributed by atoms with van der Waals surface area (Å²) in [4.78, 5) is 2.44. The normalized spacial score (nSPS) is 15.5. The molecule has 0 bridgehead atoms. The molecule has 0 fully saturated rings. The molecule has 0 N–H and O–H groups in total. The highest BCUT2D eigenvalue weighted by molar-refractivity contribution is 5.85. The molecule has 0 amide bonds. The van der Waals surface area contributed by atoms with E-state index >= 15 is 0 Å². The van der Waals surface area contributed by atoms with Crippen molar-refractivity contribution in [2.24, 2.45) is 0 Å². The molecule has 5 heteroatoms. The molecule has 1 aliphatic rings. The average molecular weight is 406 g/mol. The number of ether oxygens (including phenoxy) is 3. The Morgan fingerprint density at radius 1 is 1.04 bits per heavy atom. The fourth-order valence-corrected chi connectivity index (χ4v) is 4.13. The summed E-state index contributed by atoms with van der Waals surface area (Å²) in [6.07, 6.45) is 4.52. The number of hydrogen-bond donors (Lipinski definition) is 0. The Bertz CT molecular complexity index is 766. The van der Waals surface area contributed by atoms with Crippen molar-refractivity contribution in [3.63, 3.8) is 0 Å². The molecule has 154 valence electrons. The quantitative estimate of drug-likeness (QED) is 0.635. The van der Waals surface area contributed by atoms with Gasteiger partial charge in [0.15, 0.2) is 11.5 Å². The topological polar surface area (TPSA) is 30.9 Å². The van der Waals surface area contributed by atoms with Crippen LogP contribution in [0.3, 0.4) is 0 Å². The average Bonchev–Trinajstić information content (AvgIpc) is 2.71. The smallest absolute Gasteiger partial charge is 0.164 e. The molecule has 0 aromatic heterocycles. The van der Waals surface area contributed by atoms with Gasteiger partial charge in [0, 0.05) is 18.7 Å². The van der Waals surface area contributed by atoms with E-state index in [0.29, 0.717) is 5.92 Å². The fourth-order valence-electron chi connectivity index (χ4n) is 4.13. The zero-order valence-corrected chi connectivity index (χ0v) is 18.2. The monoisotopic (exact) mass is 405 g/mol. The minimum Gasteiger partial charge on any atom is -0.497 e. The van der Waals surface area contributed by atoms with Crippen LogP contribution in [0, 0.1) is 0 Å². The van der Waals surface area contributed by atoms with Crippen LogP contribution in [-0.2, 0) is 12.8 Å². The summed E-state index contributed by atoms with van der Waals surface area (Å²) in [5.74, 6) is 3.23. The largest absolute Gasteiger partial charge is 0.497 e. The summed E-state index contributed by atoms with van der Waals surface area (Å²) >= 11 is 0. The first-order valence-electron chi connectivity index (χ1n) is 9.71. The van der Waals surface area contributed by atoms with Crippen molar-refractivity contribution in [3.05, 3.63) is 53.1 Å². The minimum atomic E-state index is 0. The van der Waals surface area contributed by atoms with Crippen LogP contribution in [0.5, 0.6) is 17.2 Å². The van der Waals surface area contributed by atoms with Gasteiger partial charge >= 0.3 is 0 Å².